The smallest absolute Gasteiger partial charge is 0.238 e. The average molecular weight is 296 g/mol. The number of carbonyl (C=O) groups excluding carboxylic acids is 1. The van der Waals surface area contributed by atoms with Crippen molar-refractivity contribution in [3.05, 3.63) is 53.6 Å². The molecule has 0 saturated heterocycles. The largest absolute Gasteiger partial charge is 0.333 e. The normalized spacial score (nSPS) is 12.2. The van der Waals surface area contributed by atoms with Crippen molar-refractivity contribution in [2.24, 2.45) is 7.05 Å². The van der Waals surface area contributed by atoms with E-state index in [1.54, 1.807) is 43.3 Å². The van der Waals surface area contributed by atoms with Gasteiger partial charge in [0.25, 0.3) is 0 Å². The first-order valence-electron chi connectivity index (χ1n) is 6.08. The van der Waals surface area contributed by atoms with Crippen LogP contribution < -0.4 is 0 Å². The molecule has 1 heterocycles. The van der Waals surface area contributed by atoms with Gasteiger partial charge in [-0.2, -0.15) is 5.10 Å². The first-order chi connectivity index (χ1) is 9.52. The van der Waals surface area contributed by atoms with Crippen molar-refractivity contribution in [1.82, 2.24) is 14.7 Å². The molecule has 0 bridgehead atoms. The van der Waals surface area contributed by atoms with Gasteiger partial charge >= 0.3 is 0 Å². The Hall–Kier alpha value is -1.88. The van der Waals surface area contributed by atoms with E-state index in [9.17, 15) is 9.18 Å². The summed E-state index contributed by atoms with van der Waals surface area (Å²) in [6.45, 7) is 0. The number of nitrogens with zero attached hydrogens (tertiary/aromatic N) is 3. The predicted molar refractivity (Wildman–Crippen MR) is 74.9 cm³/mol. The van der Waals surface area contributed by atoms with Crippen molar-refractivity contribution in [1.29, 1.82) is 0 Å². The third-order valence-electron chi connectivity index (χ3n) is 3.10. The number of amides is 1. The average Bonchev–Trinajstić information content (AvgIpc) is 2.84. The van der Waals surface area contributed by atoms with Gasteiger partial charge in [0.1, 0.15) is 11.7 Å². The van der Waals surface area contributed by atoms with E-state index in [4.69, 9.17) is 11.6 Å². The highest BCUT2D eigenvalue weighted by molar-refractivity contribution is 6.27. The van der Waals surface area contributed by atoms with E-state index in [1.807, 2.05) is 0 Å². The number of hydrogen-bond donors (Lipinski definition) is 0. The van der Waals surface area contributed by atoms with Crippen LogP contribution in [-0.4, -0.2) is 33.5 Å². The Labute approximate surface area is 121 Å². The van der Waals surface area contributed by atoms with Crippen LogP contribution in [0, 0.1) is 5.82 Å². The lowest BCUT2D eigenvalue weighted by molar-refractivity contribution is -0.128. The summed E-state index contributed by atoms with van der Waals surface area (Å²) in [5.41, 5.74) is 1.48. The molecule has 0 saturated carbocycles. The summed E-state index contributed by atoms with van der Waals surface area (Å²) in [5, 5.41) is 4.10. The topological polar surface area (TPSA) is 38.1 Å². The van der Waals surface area contributed by atoms with Crippen LogP contribution in [0.15, 0.2) is 36.7 Å². The number of rotatable bonds is 4. The summed E-state index contributed by atoms with van der Waals surface area (Å²) in [6.07, 6.45) is 3.46. The molecule has 0 fully saturated rings. The molecule has 1 unspecified atom stereocenters. The zero-order valence-corrected chi connectivity index (χ0v) is 12.0. The molecular formula is C14H15ClFN3O. The van der Waals surface area contributed by atoms with Gasteiger partial charge < -0.3 is 4.90 Å². The van der Waals surface area contributed by atoms with Crippen molar-refractivity contribution < 1.29 is 9.18 Å². The Balaban J connectivity index is 2.46. The van der Waals surface area contributed by atoms with E-state index >= 15 is 0 Å². The Morgan fingerprint density at radius 1 is 1.50 bits per heavy atom. The van der Waals surface area contributed by atoms with Crippen molar-refractivity contribution >= 4 is 17.5 Å². The standard InChI is InChI=1S/C14H15ClFN3O/c1-18-9-11(8-17-18)14(19(2)13(20)7-15)10-4-3-5-12(16)6-10/h3-6,8-9,14H,7H2,1-2H3. The minimum atomic E-state index is -0.411. The van der Waals surface area contributed by atoms with E-state index in [1.165, 1.54) is 17.0 Å². The SMILES string of the molecule is CN(C(=O)CCl)C(c1cccc(F)c1)c1cnn(C)c1. The Morgan fingerprint density at radius 3 is 2.80 bits per heavy atom. The second-order valence-electron chi connectivity index (χ2n) is 4.54. The Kier molecular flexibility index (Phi) is 4.39. The van der Waals surface area contributed by atoms with Gasteiger partial charge in [-0.3, -0.25) is 9.48 Å². The molecule has 1 amide bonds. The molecule has 1 aromatic heterocycles. The van der Waals surface area contributed by atoms with Crippen molar-refractivity contribution in [2.45, 2.75) is 6.04 Å². The third-order valence-corrected chi connectivity index (χ3v) is 3.33. The lowest BCUT2D eigenvalue weighted by Gasteiger charge is -2.27. The number of benzene rings is 1. The zero-order valence-electron chi connectivity index (χ0n) is 11.3. The van der Waals surface area contributed by atoms with E-state index in [-0.39, 0.29) is 17.6 Å². The van der Waals surface area contributed by atoms with E-state index < -0.39 is 6.04 Å². The van der Waals surface area contributed by atoms with Gasteiger partial charge in [0.2, 0.25) is 5.91 Å². The molecule has 20 heavy (non-hydrogen) atoms. The second kappa shape index (κ2) is 6.05. The monoisotopic (exact) mass is 295 g/mol. The summed E-state index contributed by atoms with van der Waals surface area (Å²) in [4.78, 5) is 13.4. The van der Waals surface area contributed by atoms with E-state index in [0.29, 0.717) is 5.56 Å². The van der Waals surface area contributed by atoms with Gasteiger partial charge in [-0.05, 0) is 17.7 Å². The van der Waals surface area contributed by atoms with Gasteiger partial charge in [-0.15, -0.1) is 11.6 Å². The molecule has 1 atom stereocenters. The van der Waals surface area contributed by atoms with Crippen LogP contribution in [0.25, 0.3) is 0 Å². The van der Waals surface area contributed by atoms with Gasteiger partial charge in [0.05, 0.1) is 12.2 Å². The molecular weight excluding hydrogens is 281 g/mol. The minimum absolute atomic E-state index is 0.122. The number of aryl methyl sites for hydroxylation is 1. The fourth-order valence-corrected chi connectivity index (χ4v) is 2.32. The highest BCUT2D eigenvalue weighted by atomic mass is 35.5. The first kappa shape index (κ1) is 14.5. The highest BCUT2D eigenvalue weighted by Gasteiger charge is 2.24. The lowest BCUT2D eigenvalue weighted by atomic mass is 10.00. The molecule has 0 aliphatic heterocycles. The number of alkyl halides is 1. The van der Waals surface area contributed by atoms with Crippen LogP contribution in [0.2, 0.25) is 0 Å². The molecule has 4 nitrogen and oxygen atoms in total. The van der Waals surface area contributed by atoms with Crippen molar-refractivity contribution in [3.8, 4) is 0 Å². The summed E-state index contributed by atoms with van der Waals surface area (Å²) in [5.74, 6) is -0.698. The quantitative estimate of drug-likeness (QED) is 0.812. The summed E-state index contributed by atoms with van der Waals surface area (Å²) in [6, 6.07) is 5.76. The van der Waals surface area contributed by atoms with Crippen molar-refractivity contribution in [2.75, 3.05) is 12.9 Å². The third kappa shape index (κ3) is 2.99. The van der Waals surface area contributed by atoms with Gasteiger partial charge in [-0.25, -0.2) is 4.39 Å². The molecule has 106 valence electrons. The van der Waals surface area contributed by atoms with Gasteiger partial charge in [0.15, 0.2) is 0 Å². The molecule has 1 aromatic carbocycles. The summed E-state index contributed by atoms with van der Waals surface area (Å²) >= 11 is 5.62. The van der Waals surface area contributed by atoms with Crippen LogP contribution in [0.5, 0.6) is 0 Å². The fraction of sp³-hybridized carbons (Fsp3) is 0.286. The highest BCUT2D eigenvalue weighted by Crippen LogP contribution is 2.28. The maximum atomic E-state index is 13.4. The van der Waals surface area contributed by atoms with Crippen LogP contribution in [-0.2, 0) is 11.8 Å². The maximum absolute atomic E-state index is 13.4. The number of hydrogen-bond acceptors (Lipinski definition) is 2. The minimum Gasteiger partial charge on any atom is -0.333 e. The molecule has 2 aromatic rings. The summed E-state index contributed by atoms with van der Waals surface area (Å²) in [7, 11) is 3.43. The fourth-order valence-electron chi connectivity index (χ4n) is 2.14. The van der Waals surface area contributed by atoms with Crippen LogP contribution in [0.1, 0.15) is 17.2 Å². The molecule has 0 spiro atoms. The van der Waals surface area contributed by atoms with Crippen LogP contribution in [0.3, 0.4) is 0 Å². The van der Waals surface area contributed by atoms with Crippen LogP contribution >= 0.6 is 11.6 Å². The van der Waals surface area contributed by atoms with Gasteiger partial charge in [-0.1, -0.05) is 12.1 Å². The second-order valence-corrected chi connectivity index (χ2v) is 4.81. The number of carbonyl (C=O) groups is 1. The predicted octanol–water partition coefficient (Wildman–Crippen LogP) is 2.35. The van der Waals surface area contributed by atoms with Crippen LogP contribution in [0.4, 0.5) is 4.39 Å². The Morgan fingerprint density at radius 2 is 2.25 bits per heavy atom. The van der Waals surface area contributed by atoms with E-state index in [0.717, 1.165) is 5.56 Å². The van der Waals surface area contributed by atoms with E-state index in [2.05, 4.69) is 5.10 Å². The molecule has 0 N–H and O–H groups in total. The molecule has 6 heteroatoms. The van der Waals surface area contributed by atoms with Crippen molar-refractivity contribution in [3.63, 3.8) is 0 Å². The molecule has 0 aliphatic rings. The summed E-state index contributed by atoms with van der Waals surface area (Å²) < 4.78 is 15.1. The first-order valence-corrected chi connectivity index (χ1v) is 6.62. The molecule has 0 radical (unpaired) electrons. The maximum Gasteiger partial charge on any atom is 0.238 e. The number of aromatic nitrogens is 2. The molecule has 0 aliphatic carbocycles. The lowest BCUT2D eigenvalue weighted by Crippen LogP contribution is -2.32. The van der Waals surface area contributed by atoms with Gasteiger partial charge in [0, 0.05) is 25.9 Å². The number of halogens is 2. The Bertz CT molecular complexity index is 614. The zero-order chi connectivity index (χ0) is 14.7. The molecule has 2 rings (SSSR count).